The summed E-state index contributed by atoms with van der Waals surface area (Å²) >= 11 is 0. The minimum absolute atomic E-state index is 0.0304. The van der Waals surface area contributed by atoms with Crippen LogP contribution in [-0.4, -0.2) is 70.6 Å². The van der Waals surface area contributed by atoms with E-state index in [0.29, 0.717) is 24.9 Å². The monoisotopic (exact) mass is 512 g/mol. The van der Waals surface area contributed by atoms with Crippen molar-refractivity contribution in [3.63, 3.8) is 0 Å². The van der Waals surface area contributed by atoms with Gasteiger partial charge >= 0.3 is 0 Å². The van der Waals surface area contributed by atoms with Crippen LogP contribution in [0.4, 0.5) is 0 Å². The number of likely N-dealkylation sites (tertiary alicyclic amines) is 2. The molecule has 0 aromatic heterocycles. The first-order valence-corrected chi connectivity index (χ1v) is 13.3. The Labute approximate surface area is 221 Å². The molecule has 8 heteroatoms. The van der Waals surface area contributed by atoms with E-state index in [4.69, 9.17) is 5.73 Å². The molecule has 0 aliphatic carbocycles. The molecule has 0 saturated carbocycles. The molecular weight excluding hydrogens is 468 g/mol. The molecular formula is C29H44N4O4. The van der Waals surface area contributed by atoms with Crippen LogP contribution < -0.4 is 11.1 Å². The minimum Gasteiger partial charge on any atom is -0.340 e. The maximum atomic E-state index is 13.7. The second-order valence-corrected chi connectivity index (χ2v) is 13.1. The number of ketones is 1. The van der Waals surface area contributed by atoms with Gasteiger partial charge in [0.1, 0.15) is 12.1 Å². The van der Waals surface area contributed by atoms with Gasteiger partial charge in [-0.15, -0.1) is 0 Å². The van der Waals surface area contributed by atoms with Crippen molar-refractivity contribution in [3.05, 3.63) is 35.4 Å². The van der Waals surface area contributed by atoms with E-state index in [-0.39, 0.29) is 47.4 Å². The van der Waals surface area contributed by atoms with Crippen molar-refractivity contribution in [1.82, 2.24) is 15.1 Å². The fourth-order valence-electron chi connectivity index (χ4n) is 5.16. The van der Waals surface area contributed by atoms with Gasteiger partial charge in [-0.25, -0.2) is 0 Å². The van der Waals surface area contributed by atoms with E-state index >= 15 is 0 Å². The zero-order chi connectivity index (χ0) is 27.9. The average Bonchev–Trinajstić information content (AvgIpc) is 3.37. The maximum Gasteiger partial charge on any atom is 0.251 e. The lowest BCUT2D eigenvalue weighted by atomic mass is 9.86. The van der Waals surface area contributed by atoms with E-state index < -0.39 is 23.5 Å². The van der Waals surface area contributed by atoms with Crippen molar-refractivity contribution >= 4 is 23.5 Å². The number of hydrogen-bond acceptors (Lipinski definition) is 5. The van der Waals surface area contributed by atoms with Gasteiger partial charge in [-0.1, -0.05) is 67.5 Å². The molecule has 0 spiro atoms. The number of nitrogens with one attached hydrogen (secondary N) is 1. The molecule has 2 heterocycles. The first kappa shape index (κ1) is 28.8. The number of carbonyl (C=O) groups is 4. The summed E-state index contributed by atoms with van der Waals surface area (Å²) < 4.78 is 0. The molecule has 4 unspecified atom stereocenters. The van der Waals surface area contributed by atoms with Crippen LogP contribution in [0.2, 0.25) is 0 Å². The van der Waals surface area contributed by atoms with Crippen LogP contribution in [0.3, 0.4) is 0 Å². The highest BCUT2D eigenvalue weighted by atomic mass is 16.2. The first-order chi connectivity index (χ1) is 17.0. The molecule has 1 aromatic rings. The molecule has 3 rings (SSSR count). The van der Waals surface area contributed by atoms with Gasteiger partial charge in [0.15, 0.2) is 5.78 Å². The van der Waals surface area contributed by atoms with Crippen molar-refractivity contribution in [2.24, 2.45) is 17.1 Å². The van der Waals surface area contributed by atoms with Crippen molar-refractivity contribution in [1.29, 1.82) is 0 Å². The topological polar surface area (TPSA) is 113 Å². The Morgan fingerprint density at radius 3 is 2.11 bits per heavy atom. The van der Waals surface area contributed by atoms with Crippen molar-refractivity contribution in [2.75, 3.05) is 13.1 Å². The summed E-state index contributed by atoms with van der Waals surface area (Å²) in [5.74, 6) is -0.853. The van der Waals surface area contributed by atoms with Gasteiger partial charge in [-0.3, -0.25) is 19.2 Å². The van der Waals surface area contributed by atoms with E-state index in [2.05, 4.69) is 26.1 Å². The number of benzene rings is 1. The zero-order valence-electron chi connectivity index (χ0n) is 23.6. The predicted octanol–water partition coefficient (Wildman–Crippen LogP) is 2.88. The summed E-state index contributed by atoms with van der Waals surface area (Å²) in [7, 11) is 0. The minimum atomic E-state index is -0.761. The van der Waals surface area contributed by atoms with Gasteiger partial charge in [0.25, 0.3) is 5.91 Å². The van der Waals surface area contributed by atoms with E-state index in [9.17, 15) is 19.2 Å². The number of Topliss-reactive ketones (excluding diaryl/α,β-unsaturated/α-hetero) is 1. The van der Waals surface area contributed by atoms with Gasteiger partial charge < -0.3 is 20.9 Å². The van der Waals surface area contributed by atoms with Gasteiger partial charge in [0.2, 0.25) is 11.8 Å². The molecule has 3 N–H and O–H groups in total. The van der Waals surface area contributed by atoms with Crippen LogP contribution in [-0.2, 0) is 19.8 Å². The predicted molar refractivity (Wildman–Crippen MR) is 144 cm³/mol. The molecule has 8 nitrogen and oxygen atoms in total. The van der Waals surface area contributed by atoms with Crippen LogP contribution in [0.15, 0.2) is 24.3 Å². The molecule has 2 aliphatic rings. The molecule has 3 amide bonds. The average molecular weight is 513 g/mol. The van der Waals surface area contributed by atoms with Crippen molar-refractivity contribution in [3.8, 4) is 0 Å². The number of rotatable bonds is 6. The van der Waals surface area contributed by atoms with Crippen LogP contribution in [0.5, 0.6) is 0 Å². The summed E-state index contributed by atoms with van der Waals surface area (Å²) in [4.78, 5) is 56.1. The van der Waals surface area contributed by atoms with Gasteiger partial charge in [-0.2, -0.15) is 0 Å². The molecule has 37 heavy (non-hydrogen) atoms. The van der Waals surface area contributed by atoms with E-state index in [1.807, 2.05) is 46.8 Å². The summed E-state index contributed by atoms with van der Waals surface area (Å²) in [5, 5.41) is 2.92. The standard InChI is InChI=1S/C29H44N4O4/c1-17(2)15-20(31-25(35)18-9-11-19(12-10-18)28(3,4)5)26(36)32-14-13-21-23(32)22(34)16-33(21)27(37)24(30)29(6,7)8/h9-12,17,20-21,23-24H,13-16,30H2,1-8H3,(H,31,35). The highest BCUT2D eigenvalue weighted by Crippen LogP contribution is 2.32. The maximum absolute atomic E-state index is 13.7. The molecule has 0 bridgehead atoms. The Bertz CT molecular complexity index is 1040. The SMILES string of the molecule is CC(C)CC(NC(=O)c1ccc(C(C)(C)C)cc1)C(=O)N1CCC2C1C(=O)CN2C(=O)C(N)C(C)(C)C. The second kappa shape index (κ2) is 10.6. The fourth-order valence-corrected chi connectivity index (χ4v) is 5.16. The normalized spacial score (nSPS) is 21.7. The third-order valence-electron chi connectivity index (χ3n) is 7.51. The first-order valence-electron chi connectivity index (χ1n) is 13.3. The lowest BCUT2D eigenvalue weighted by Crippen LogP contribution is -2.54. The second-order valence-electron chi connectivity index (χ2n) is 13.1. The molecule has 2 saturated heterocycles. The summed E-state index contributed by atoms with van der Waals surface area (Å²) in [6.45, 7) is 16.3. The Morgan fingerprint density at radius 2 is 1.59 bits per heavy atom. The van der Waals surface area contributed by atoms with E-state index in [1.165, 1.54) is 0 Å². The Balaban J connectivity index is 1.77. The van der Waals surface area contributed by atoms with Crippen LogP contribution in [0, 0.1) is 11.3 Å². The molecule has 204 valence electrons. The summed E-state index contributed by atoms with van der Waals surface area (Å²) in [5.41, 5.74) is 7.34. The highest BCUT2D eigenvalue weighted by Gasteiger charge is 2.53. The molecule has 0 radical (unpaired) electrons. The number of hydrogen-bond donors (Lipinski definition) is 2. The zero-order valence-corrected chi connectivity index (χ0v) is 23.6. The molecule has 2 fully saturated rings. The molecule has 4 atom stereocenters. The van der Waals surface area contributed by atoms with Gasteiger partial charge in [0.05, 0.1) is 18.6 Å². The van der Waals surface area contributed by atoms with Crippen molar-refractivity contribution in [2.45, 2.75) is 97.8 Å². The number of amides is 3. The van der Waals surface area contributed by atoms with Crippen molar-refractivity contribution < 1.29 is 19.2 Å². The smallest absolute Gasteiger partial charge is 0.251 e. The van der Waals surface area contributed by atoms with E-state index in [0.717, 1.165) is 5.56 Å². The number of carbonyl (C=O) groups excluding carboxylic acids is 4. The van der Waals surface area contributed by atoms with Crippen LogP contribution >= 0.6 is 0 Å². The Morgan fingerprint density at radius 1 is 1.00 bits per heavy atom. The van der Waals surface area contributed by atoms with Crippen LogP contribution in [0.25, 0.3) is 0 Å². The largest absolute Gasteiger partial charge is 0.340 e. The molecule has 2 aliphatic heterocycles. The Kier molecular flexibility index (Phi) is 8.22. The Hall–Kier alpha value is -2.74. The quantitative estimate of drug-likeness (QED) is 0.609. The number of fused-ring (bicyclic) bond motifs is 1. The van der Waals surface area contributed by atoms with Gasteiger partial charge in [0, 0.05) is 12.1 Å². The fraction of sp³-hybridized carbons (Fsp3) is 0.655. The highest BCUT2D eigenvalue weighted by molar-refractivity contribution is 6.01. The third kappa shape index (κ3) is 6.22. The molecule has 1 aromatic carbocycles. The lowest BCUT2D eigenvalue weighted by molar-refractivity contribution is -0.138. The lowest BCUT2D eigenvalue weighted by Gasteiger charge is -2.32. The van der Waals surface area contributed by atoms with E-state index in [1.54, 1.807) is 21.9 Å². The number of nitrogens with zero attached hydrogens (tertiary/aromatic N) is 2. The summed E-state index contributed by atoms with van der Waals surface area (Å²) in [6.07, 6.45) is 0.964. The van der Waals surface area contributed by atoms with Crippen LogP contribution in [0.1, 0.15) is 84.2 Å². The van der Waals surface area contributed by atoms with Gasteiger partial charge in [-0.05, 0) is 47.3 Å². The third-order valence-corrected chi connectivity index (χ3v) is 7.51. The number of nitrogens with two attached hydrogens (primary N) is 1. The summed E-state index contributed by atoms with van der Waals surface area (Å²) in [6, 6.07) is 4.86.